The number of rotatable bonds is 7. The van der Waals surface area contributed by atoms with Gasteiger partial charge in [0.25, 0.3) is 0 Å². The SMILES string of the molecule is CC(C)CN(C)Cc1cc(CNC(C)C)no1. The second-order valence-electron chi connectivity index (χ2n) is 5.41. The van der Waals surface area contributed by atoms with E-state index < -0.39 is 0 Å². The number of nitrogens with one attached hydrogen (secondary N) is 1. The zero-order valence-corrected chi connectivity index (χ0v) is 11.7. The summed E-state index contributed by atoms with van der Waals surface area (Å²) in [6, 6.07) is 2.51. The van der Waals surface area contributed by atoms with Crippen molar-refractivity contribution < 1.29 is 4.52 Å². The Hall–Kier alpha value is -0.870. The summed E-state index contributed by atoms with van der Waals surface area (Å²) in [7, 11) is 2.11. The molecule has 1 aromatic heterocycles. The predicted molar refractivity (Wildman–Crippen MR) is 69.7 cm³/mol. The van der Waals surface area contributed by atoms with Crippen LogP contribution in [0, 0.1) is 5.92 Å². The molecule has 17 heavy (non-hydrogen) atoms. The van der Waals surface area contributed by atoms with E-state index in [1.807, 2.05) is 6.07 Å². The molecule has 4 heteroatoms. The van der Waals surface area contributed by atoms with Crippen molar-refractivity contribution in [3.05, 3.63) is 17.5 Å². The maximum absolute atomic E-state index is 5.32. The van der Waals surface area contributed by atoms with E-state index in [0.29, 0.717) is 12.0 Å². The molecule has 0 atom stereocenters. The van der Waals surface area contributed by atoms with Gasteiger partial charge < -0.3 is 9.84 Å². The lowest BCUT2D eigenvalue weighted by atomic mass is 10.2. The third-order valence-electron chi connectivity index (χ3n) is 2.40. The molecule has 1 aromatic rings. The summed E-state index contributed by atoms with van der Waals surface area (Å²) in [5, 5.41) is 7.38. The Morgan fingerprint density at radius 3 is 2.65 bits per heavy atom. The Morgan fingerprint density at radius 1 is 1.35 bits per heavy atom. The maximum atomic E-state index is 5.32. The Bertz CT molecular complexity index is 320. The minimum Gasteiger partial charge on any atom is -0.360 e. The Balaban J connectivity index is 2.39. The van der Waals surface area contributed by atoms with Gasteiger partial charge in [-0.3, -0.25) is 4.90 Å². The molecule has 0 saturated carbocycles. The summed E-state index contributed by atoms with van der Waals surface area (Å²) in [6.07, 6.45) is 0. The van der Waals surface area contributed by atoms with Crippen LogP contribution in [0.15, 0.2) is 10.6 Å². The minimum absolute atomic E-state index is 0.471. The summed E-state index contributed by atoms with van der Waals surface area (Å²) >= 11 is 0. The lowest BCUT2D eigenvalue weighted by Gasteiger charge is -2.16. The minimum atomic E-state index is 0.471. The third-order valence-corrected chi connectivity index (χ3v) is 2.40. The van der Waals surface area contributed by atoms with E-state index >= 15 is 0 Å². The second-order valence-corrected chi connectivity index (χ2v) is 5.41. The van der Waals surface area contributed by atoms with Crippen LogP contribution in [0.2, 0.25) is 0 Å². The highest BCUT2D eigenvalue weighted by molar-refractivity contribution is 5.05. The van der Waals surface area contributed by atoms with Crippen molar-refractivity contribution in [2.45, 2.75) is 46.8 Å². The number of aromatic nitrogens is 1. The normalized spacial score (nSPS) is 12.0. The Morgan fingerprint density at radius 2 is 2.06 bits per heavy atom. The molecule has 0 fully saturated rings. The fraction of sp³-hybridized carbons (Fsp3) is 0.769. The molecular formula is C13H25N3O. The van der Waals surface area contributed by atoms with Gasteiger partial charge in [0.1, 0.15) is 0 Å². The standard InChI is InChI=1S/C13H25N3O/c1-10(2)8-16(5)9-13-6-12(15-17-13)7-14-11(3)4/h6,10-11,14H,7-9H2,1-5H3. The molecule has 0 bridgehead atoms. The van der Waals surface area contributed by atoms with Gasteiger partial charge in [-0.05, 0) is 13.0 Å². The molecule has 0 aromatic carbocycles. The van der Waals surface area contributed by atoms with Gasteiger partial charge in [0.05, 0.1) is 12.2 Å². The molecule has 1 heterocycles. The molecule has 0 aliphatic heterocycles. The number of hydrogen-bond donors (Lipinski definition) is 1. The van der Waals surface area contributed by atoms with Gasteiger partial charge in [0.15, 0.2) is 5.76 Å². The fourth-order valence-electron chi connectivity index (χ4n) is 1.78. The molecule has 98 valence electrons. The van der Waals surface area contributed by atoms with E-state index in [1.54, 1.807) is 0 Å². The predicted octanol–water partition coefficient (Wildman–Crippen LogP) is 2.26. The summed E-state index contributed by atoms with van der Waals surface area (Å²) < 4.78 is 5.32. The van der Waals surface area contributed by atoms with Crippen molar-refractivity contribution in [3.8, 4) is 0 Å². The Kier molecular flexibility index (Phi) is 5.65. The van der Waals surface area contributed by atoms with Gasteiger partial charge >= 0.3 is 0 Å². The first kappa shape index (κ1) is 14.2. The van der Waals surface area contributed by atoms with Gasteiger partial charge in [-0.15, -0.1) is 0 Å². The summed E-state index contributed by atoms with van der Waals surface area (Å²) in [5.41, 5.74) is 0.978. The van der Waals surface area contributed by atoms with Crippen molar-refractivity contribution in [3.63, 3.8) is 0 Å². The van der Waals surface area contributed by atoms with Crippen LogP contribution in [0.3, 0.4) is 0 Å². The first-order valence-electron chi connectivity index (χ1n) is 6.33. The highest BCUT2D eigenvalue weighted by Crippen LogP contribution is 2.08. The molecule has 0 unspecified atom stereocenters. The molecule has 1 rings (SSSR count). The molecule has 0 aliphatic rings. The first-order valence-corrected chi connectivity index (χ1v) is 6.33. The molecule has 1 N–H and O–H groups in total. The smallest absolute Gasteiger partial charge is 0.151 e. The van der Waals surface area contributed by atoms with Gasteiger partial charge in [-0.1, -0.05) is 32.9 Å². The molecular weight excluding hydrogens is 214 g/mol. The molecule has 0 radical (unpaired) electrons. The van der Waals surface area contributed by atoms with Crippen LogP contribution in [-0.2, 0) is 13.1 Å². The molecule has 0 saturated heterocycles. The van der Waals surface area contributed by atoms with Crippen LogP contribution in [0.4, 0.5) is 0 Å². The van der Waals surface area contributed by atoms with E-state index in [4.69, 9.17) is 4.52 Å². The van der Waals surface area contributed by atoms with Crippen LogP contribution in [0.1, 0.15) is 39.1 Å². The highest BCUT2D eigenvalue weighted by atomic mass is 16.5. The maximum Gasteiger partial charge on any atom is 0.151 e. The first-order chi connectivity index (χ1) is 7.97. The largest absolute Gasteiger partial charge is 0.360 e. The summed E-state index contributed by atoms with van der Waals surface area (Å²) in [6.45, 7) is 11.3. The molecule has 4 nitrogen and oxygen atoms in total. The monoisotopic (exact) mass is 239 g/mol. The van der Waals surface area contributed by atoms with Gasteiger partial charge in [-0.2, -0.15) is 0 Å². The van der Waals surface area contributed by atoms with E-state index in [-0.39, 0.29) is 0 Å². The molecule has 0 aliphatic carbocycles. The zero-order valence-electron chi connectivity index (χ0n) is 11.7. The van der Waals surface area contributed by atoms with Gasteiger partial charge in [0.2, 0.25) is 0 Å². The number of hydrogen-bond acceptors (Lipinski definition) is 4. The average molecular weight is 239 g/mol. The quantitative estimate of drug-likeness (QED) is 0.792. The van der Waals surface area contributed by atoms with Crippen molar-refractivity contribution >= 4 is 0 Å². The van der Waals surface area contributed by atoms with E-state index in [9.17, 15) is 0 Å². The van der Waals surface area contributed by atoms with E-state index in [0.717, 1.165) is 31.1 Å². The fourth-order valence-corrected chi connectivity index (χ4v) is 1.78. The third kappa shape index (κ3) is 5.84. The van der Waals surface area contributed by atoms with E-state index in [1.165, 1.54) is 0 Å². The van der Waals surface area contributed by atoms with Gasteiger partial charge in [0, 0.05) is 25.2 Å². The Labute approximate surface area is 104 Å². The second kappa shape index (κ2) is 6.77. The van der Waals surface area contributed by atoms with Crippen molar-refractivity contribution in [1.82, 2.24) is 15.4 Å². The van der Waals surface area contributed by atoms with E-state index in [2.05, 4.69) is 50.1 Å². The zero-order chi connectivity index (χ0) is 12.8. The molecule has 0 spiro atoms. The van der Waals surface area contributed by atoms with Crippen molar-refractivity contribution in [1.29, 1.82) is 0 Å². The average Bonchev–Trinajstić information content (AvgIpc) is 2.61. The van der Waals surface area contributed by atoms with Crippen LogP contribution < -0.4 is 5.32 Å². The molecule has 0 amide bonds. The van der Waals surface area contributed by atoms with Crippen LogP contribution in [0.5, 0.6) is 0 Å². The topological polar surface area (TPSA) is 41.3 Å². The number of nitrogens with zero attached hydrogens (tertiary/aromatic N) is 2. The lowest BCUT2D eigenvalue weighted by molar-refractivity contribution is 0.249. The van der Waals surface area contributed by atoms with Crippen molar-refractivity contribution in [2.75, 3.05) is 13.6 Å². The van der Waals surface area contributed by atoms with Gasteiger partial charge in [-0.25, -0.2) is 0 Å². The van der Waals surface area contributed by atoms with Crippen LogP contribution in [0.25, 0.3) is 0 Å². The summed E-state index contributed by atoms with van der Waals surface area (Å²) in [4.78, 5) is 2.25. The lowest BCUT2D eigenvalue weighted by Crippen LogP contribution is -2.22. The summed E-state index contributed by atoms with van der Waals surface area (Å²) in [5.74, 6) is 1.61. The van der Waals surface area contributed by atoms with Crippen LogP contribution in [-0.4, -0.2) is 29.7 Å². The van der Waals surface area contributed by atoms with Crippen LogP contribution >= 0.6 is 0 Å². The highest BCUT2D eigenvalue weighted by Gasteiger charge is 2.08. The van der Waals surface area contributed by atoms with Crippen molar-refractivity contribution in [2.24, 2.45) is 5.92 Å².